The third-order valence-corrected chi connectivity index (χ3v) is 5.56. The highest BCUT2D eigenvalue weighted by Gasteiger charge is 2.47. The van der Waals surface area contributed by atoms with Crippen LogP contribution >= 0.6 is 11.6 Å². The molecule has 0 bridgehead atoms. The van der Waals surface area contributed by atoms with E-state index >= 15 is 0 Å². The summed E-state index contributed by atoms with van der Waals surface area (Å²) in [7, 11) is 2.19. The first kappa shape index (κ1) is 15.9. The zero-order chi connectivity index (χ0) is 16.6. The minimum Gasteiger partial charge on any atom is -0.306 e. The lowest BCUT2D eigenvalue weighted by atomic mass is 9.85. The smallest absolute Gasteiger partial charge is 0.101 e. The molecule has 2 aromatic carbocycles. The fourth-order valence-electron chi connectivity index (χ4n) is 3.81. The van der Waals surface area contributed by atoms with Crippen molar-refractivity contribution in [3.05, 3.63) is 65.2 Å². The van der Waals surface area contributed by atoms with Crippen molar-refractivity contribution in [1.82, 2.24) is 4.90 Å². The van der Waals surface area contributed by atoms with Gasteiger partial charge in [-0.05, 0) is 49.7 Å². The van der Waals surface area contributed by atoms with E-state index in [1.165, 1.54) is 5.56 Å². The third kappa shape index (κ3) is 3.04. The quantitative estimate of drug-likeness (QED) is 0.787. The van der Waals surface area contributed by atoms with Gasteiger partial charge in [-0.15, -0.1) is 0 Å². The van der Waals surface area contributed by atoms with Crippen LogP contribution in [0.2, 0.25) is 5.02 Å². The summed E-state index contributed by atoms with van der Waals surface area (Å²) >= 11 is 6.08. The zero-order valence-electron chi connectivity index (χ0n) is 14.0. The Morgan fingerprint density at radius 1 is 1.00 bits per heavy atom. The maximum Gasteiger partial charge on any atom is 0.101 e. The Labute approximate surface area is 148 Å². The summed E-state index contributed by atoms with van der Waals surface area (Å²) < 4.78 is 0. The molecule has 0 radical (unpaired) electrons. The number of anilines is 1. The van der Waals surface area contributed by atoms with Gasteiger partial charge in [0.2, 0.25) is 0 Å². The minimum absolute atomic E-state index is 0.0490. The summed E-state index contributed by atoms with van der Waals surface area (Å²) in [6, 6.07) is 18.8. The van der Waals surface area contributed by atoms with Crippen molar-refractivity contribution in [3.8, 4) is 0 Å². The Hall–Kier alpha value is -1.55. The van der Waals surface area contributed by atoms with E-state index in [1.807, 2.05) is 18.2 Å². The lowest BCUT2D eigenvalue weighted by Gasteiger charge is -2.36. The molecule has 4 heteroatoms. The summed E-state index contributed by atoms with van der Waals surface area (Å²) in [4.78, 5) is 8.98. The highest BCUT2D eigenvalue weighted by atomic mass is 35.5. The van der Waals surface area contributed by atoms with Gasteiger partial charge < -0.3 is 4.90 Å². The van der Waals surface area contributed by atoms with Gasteiger partial charge in [0.1, 0.15) is 5.60 Å². The van der Waals surface area contributed by atoms with Crippen molar-refractivity contribution < 1.29 is 4.84 Å². The first-order valence-corrected chi connectivity index (χ1v) is 9.00. The number of piperidine rings is 1. The van der Waals surface area contributed by atoms with Crippen molar-refractivity contribution >= 4 is 17.3 Å². The van der Waals surface area contributed by atoms with Crippen LogP contribution in [0, 0.1) is 0 Å². The molecule has 2 saturated heterocycles. The van der Waals surface area contributed by atoms with Crippen LogP contribution in [-0.4, -0.2) is 30.6 Å². The maximum absolute atomic E-state index is 6.60. The molecule has 2 aromatic rings. The number of benzene rings is 2. The average molecular weight is 343 g/mol. The normalized spacial score (nSPS) is 23.8. The standard InChI is InChI=1S/C20H23ClN2O/c1-22-13-11-20(12-14-22)15-19(16-7-9-17(21)10-8-16)23(24-20)18-5-3-2-4-6-18/h2-10,19H,11-15H2,1H3. The zero-order valence-corrected chi connectivity index (χ0v) is 14.7. The van der Waals surface area contributed by atoms with Gasteiger partial charge in [0, 0.05) is 24.5 Å². The Bertz CT molecular complexity index is 681. The molecule has 2 aliphatic heterocycles. The molecular weight excluding hydrogens is 320 g/mol. The molecule has 2 fully saturated rings. The molecule has 1 spiro atoms. The van der Waals surface area contributed by atoms with E-state index in [0.29, 0.717) is 0 Å². The Morgan fingerprint density at radius 3 is 2.33 bits per heavy atom. The van der Waals surface area contributed by atoms with E-state index in [9.17, 15) is 0 Å². The number of hydrogen-bond donors (Lipinski definition) is 0. The summed E-state index contributed by atoms with van der Waals surface area (Å²) in [5.41, 5.74) is 2.33. The first-order chi connectivity index (χ1) is 11.7. The molecule has 1 atom stereocenters. The SMILES string of the molecule is CN1CCC2(CC1)CC(c1ccc(Cl)cc1)N(c1ccccc1)O2. The Morgan fingerprint density at radius 2 is 1.67 bits per heavy atom. The van der Waals surface area contributed by atoms with Crippen LogP contribution in [0.1, 0.15) is 30.9 Å². The molecule has 2 aliphatic rings. The van der Waals surface area contributed by atoms with Crippen molar-refractivity contribution in [2.75, 3.05) is 25.2 Å². The number of para-hydroxylation sites is 1. The topological polar surface area (TPSA) is 15.7 Å². The number of hydroxylamine groups is 1. The monoisotopic (exact) mass is 342 g/mol. The largest absolute Gasteiger partial charge is 0.306 e. The van der Waals surface area contributed by atoms with Crippen LogP contribution in [-0.2, 0) is 4.84 Å². The highest BCUT2D eigenvalue weighted by Crippen LogP contribution is 2.47. The van der Waals surface area contributed by atoms with E-state index in [2.05, 4.69) is 53.4 Å². The van der Waals surface area contributed by atoms with Crippen LogP contribution in [0.3, 0.4) is 0 Å². The van der Waals surface area contributed by atoms with Crippen LogP contribution < -0.4 is 5.06 Å². The fraction of sp³-hybridized carbons (Fsp3) is 0.400. The second-order valence-electron chi connectivity index (χ2n) is 7.01. The molecule has 0 aromatic heterocycles. The van der Waals surface area contributed by atoms with Crippen molar-refractivity contribution in [1.29, 1.82) is 0 Å². The van der Waals surface area contributed by atoms with Gasteiger partial charge in [-0.1, -0.05) is 41.9 Å². The van der Waals surface area contributed by atoms with Crippen LogP contribution in [0.25, 0.3) is 0 Å². The molecular formula is C20H23ClN2O. The van der Waals surface area contributed by atoms with Gasteiger partial charge in [0.05, 0.1) is 11.7 Å². The summed E-state index contributed by atoms with van der Waals surface area (Å²) in [5, 5.41) is 2.90. The molecule has 1 unspecified atom stereocenters. The molecule has 4 rings (SSSR count). The molecule has 0 saturated carbocycles. The van der Waals surface area contributed by atoms with E-state index in [0.717, 1.165) is 43.1 Å². The van der Waals surface area contributed by atoms with Gasteiger partial charge in [-0.25, -0.2) is 5.06 Å². The lowest BCUT2D eigenvalue weighted by molar-refractivity contribution is -0.0523. The number of likely N-dealkylation sites (tertiary alicyclic amines) is 1. The lowest BCUT2D eigenvalue weighted by Crippen LogP contribution is -2.43. The summed E-state index contributed by atoms with van der Waals surface area (Å²) in [5.74, 6) is 0. The Kier molecular flexibility index (Phi) is 4.25. The maximum atomic E-state index is 6.60. The van der Waals surface area contributed by atoms with Crippen LogP contribution in [0.5, 0.6) is 0 Å². The molecule has 126 valence electrons. The Balaban J connectivity index is 1.67. The van der Waals surface area contributed by atoms with Gasteiger partial charge in [-0.3, -0.25) is 4.84 Å². The van der Waals surface area contributed by atoms with Crippen LogP contribution in [0.4, 0.5) is 5.69 Å². The average Bonchev–Trinajstić information content (AvgIpc) is 2.99. The molecule has 3 nitrogen and oxygen atoms in total. The van der Waals surface area contributed by atoms with Gasteiger partial charge in [0.25, 0.3) is 0 Å². The van der Waals surface area contributed by atoms with E-state index < -0.39 is 0 Å². The van der Waals surface area contributed by atoms with E-state index in [4.69, 9.17) is 16.4 Å². The number of nitrogens with zero attached hydrogens (tertiary/aromatic N) is 2. The number of rotatable bonds is 2. The van der Waals surface area contributed by atoms with Gasteiger partial charge in [0.15, 0.2) is 0 Å². The first-order valence-electron chi connectivity index (χ1n) is 8.63. The molecule has 2 heterocycles. The second kappa shape index (κ2) is 6.40. The number of halogens is 1. The second-order valence-corrected chi connectivity index (χ2v) is 7.45. The van der Waals surface area contributed by atoms with Crippen molar-refractivity contribution in [2.45, 2.75) is 30.9 Å². The fourth-order valence-corrected chi connectivity index (χ4v) is 3.94. The van der Waals surface area contributed by atoms with Crippen molar-refractivity contribution in [2.24, 2.45) is 0 Å². The van der Waals surface area contributed by atoms with Gasteiger partial charge in [-0.2, -0.15) is 0 Å². The predicted molar refractivity (Wildman–Crippen MR) is 98.3 cm³/mol. The molecule has 0 amide bonds. The van der Waals surface area contributed by atoms with E-state index in [-0.39, 0.29) is 11.6 Å². The van der Waals surface area contributed by atoms with E-state index in [1.54, 1.807) is 0 Å². The van der Waals surface area contributed by atoms with Crippen molar-refractivity contribution in [3.63, 3.8) is 0 Å². The molecule has 24 heavy (non-hydrogen) atoms. The van der Waals surface area contributed by atoms with Crippen LogP contribution in [0.15, 0.2) is 54.6 Å². The van der Waals surface area contributed by atoms with Gasteiger partial charge >= 0.3 is 0 Å². The molecule has 0 N–H and O–H groups in total. The summed E-state index contributed by atoms with van der Waals surface area (Å²) in [6.07, 6.45) is 3.19. The third-order valence-electron chi connectivity index (χ3n) is 5.30. The minimum atomic E-state index is -0.0490. The summed E-state index contributed by atoms with van der Waals surface area (Å²) in [6.45, 7) is 2.19. The molecule has 0 aliphatic carbocycles. The predicted octanol–water partition coefficient (Wildman–Crippen LogP) is 4.69. The highest BCUT2D eigenvalue weighted by molar-refractivity contribution is 6.30. The number of hydrogen-bond acceptors (Lipinski definition) is 3.